The molecule has 116 valence electrons. The van der Waals surface area contributed by atoms with E-state index in [1.54, 1.807) is 0 Å². The second kappa shape index (κ2) is 75.1. The molecule has 1 saturated carbocycles. The molecule has 4 heteroatoms. The normalized spacial score (nSPS) is 8.89. The van der Waals surface area contributed by atoms with Gasteiger partial charge >= 0.3 is 0 Å². The quantitative estimate of drug-likeness (QED) is 0.419. The fourth-order valence-corrected chi connectivity index (χ4v) is 1.06. The maximum atomic E-state index is 8.35. The predicted molar refractivity (Wildman–Crippen MR) is 84.9 cm³/mol. The van der Waals surface area contributed by atoms with Crippen LogP contribution in [-0.2, 0) is 9.59 Å². The van der Waals surface area contributed by atoms with Gasteiger partial charge in [-0.05, 0) is 0 Å². The minimum atomic E-state index is 0. The number of isocyanates is 2. The lowest BCUT2D eigenvalue weighted by Gasteiger charge is -2.05. The van der Waals surface area contributed by atoms with Gasteiger partial charge in [0.25, 0.3) is 0 Å². The Bertz CT molecular complexity index is 120. The molecule has 0 radical (unpaired) electrons. The number of nitrogens with one attached hydrogen (secondary N) is 2. The van der Waals surface area contributed by atoms with Crippen molar-refractivity contribution in [2.45, 2.75) is 83.1 Å². The number of rotatable bonds is 0. The van der Waals surface area contributed by atoms with Gasteiger partial charge in [-0.25, -0.2) is 20.4 Å². The Hall–Kier alpha value is -1.24. The topological polar surface area (TPSA) is 81.8 Å². The third-order valence-electron chi connectivity index (χ3n) is 1.50. The molecule has 0 aromatic heterocycles. The van der Waals surface area contributed by atoms with E-state index in [4.69, 9.17) is 20.4 Å². The summed E-state index contributed by atoms with van der Waals surface area (Å²) in [7, 11) is 0. The molecule has 0 spiro atoms. The van der Waals surface area contributed by atoms with Gasteiger partial charge in [-0.1, -0.05) is 83.1 Å². The smallest absolute Gasteiger partial charge is 0.222 e. The van der Waals surface area contributed by atoms with Crippen molar-refractivity contribution in [1.82, 2.24) is 0 Å². The summed E-state index contributed by atoms with van der Waals surface area (Å²) in [5, 5.41) is 10.8. The molecule has 0 aliphatic heterocycles. The van der Waals surface area contributed by atoms with Crippen molar-refractivity contribution in [3.05, 3.63) is 0 Å². The number of hydrogen-bond acceptors (Lipinski definition) is 4. The third kappa shape index (κ3) is 123. The van der Waals surface area contributed by atoms with Crippen LogP contribution < -0.4 is 0 Å². The summed E-state index contributed by atoms with van der Waals surface area (Å²) >= 11 is 0. The molecule has 2 N–H and O–H groups in total. The Morgan fingerprint density at radius 1 is 0.500 bits per heavy atom. The van der Waals surface area contributed by atoms with E-state index in [2.05, 4.69) is 0 Å². The molecule has 1 aliphatic carbocycles. The van der Waals surface area contributed by atoms with E-state index in [0.717, 1.165) is 12.2 Å². The number of hydrogen-bond donors (Lipinski definition) is 2. The molecule has 18 heavy (non-hydrogen) atoms. The highest BCUT2D eigenvalue weighted by atomic mass is 16.1. The van der Waals surface area contributed by atoms with E-state index >= 15 is 0 Å². The molecule has 0 bridgehead atoms. The second-order valence-corrected chi connectivity index (χ2v) is 2.33. The predicted octanol–water partition coefficient (Wildman–Crippen LogP) is 5.96. The van der Waals surface area contributed by atoms with Crippen molar-refractivity contribution in [2.75, 3.05) is 0 Å². The molecular weight excluding hydrogens is 228 g/mol. The molecule has 0 amide bonds. The summed E-state index contributed by atoms with van der Waals surface area (Å²) in [6, 6.07) is 0. The van der Waals surface area contributed by atoms with Crippen molar-refractivity contribution < 1.29 is 9.59 Å². The van der Waals surface area contributed by atoms with Crippen molar-refractivity contribution in [3.8, 4) is 0 Å². The van der Waals surface area contributed by atoms with Gasteiger partial charge < -0.3 is 0 Å². The fourth-order valence-electron chi connectivity index (χ4n) is 1.06. The summed E-state index contributed by atoms with van der Waals surface area (Å²) in [5.41, 5.74) is 0. The molecular formula is C14H38N2O2. The average molecular weight is 266 g/mol. The van der Waals surface area contributed by atoms with E-state index in [0.29, 0.717) is 0 Å². The van der Waals surface area contributed by atoms with E-state index in [-0.39, 0.29) is 44.6 Å². The Morgan fingerprint density at radius 2 is 0.556 bits per heavy atom. The van der Waals surface area contributed by atoms with E-state index in [1.807, 2.05) is 0 Å². The van der Waals surface area contributed by atoms with Gasteiger partial charge in [-0.3, -0.25) is 0 Å². The largest absolute Gasteiger partial charge is 0.231 e. The van der Waals surface area contributed by atoms with Gasteiger partial charge in [0, 0.05) is 0 Å². The summed E-state index contributed by atoms with van der Waals surface area (Å²) < 4.78 is 0. The Morgan fingerprint density at radius 3 is 0.611 bits per heavy atom. The van der Waals surface area contributed by atoms with Gasteiger partial charge in [0.05, 0.1) is 0 Å². The molecule has 4 nitrogen and oxygen atoms in total. The maximum absolute atomic E-state index is 8.35. The summed E-state index contributed by atoms with van der Waals surface area (Å²) in [5.74, 6) is 0. The molecule has 0 atom stereocenters. The molecule has 1 fully saturated rings. The minimum absolute atomic E-state index is 0. The minimum Gasteiger partial charge on any atom is -0.222 e. The maximum Gasteiger partial charge on any atom is 0.231 e. The summed E-state index contributed by atoms with van der Waals surface area (Å²) in [6.45, 7) is 0. The zero-order valence-corrected chi connectivity index (χ0v) is 7.06. The van der Waals surface area contributed by atoms with Crippen LogP contribution in [0.2, 0.25) is 0 Å². The molecule has 0 heterocycles. The monoisotopic (exact) mass is 266 g/mol. The Kier molecular flexibility index (Phi) is 226. The fraction of sp³-hybridized carbons (Fsp3) is 0.857. The van der Waals surface area contributed by atoms with Gasteiger partial charge in [0.1, 0.15) is 0 Å². The lowest BCUT2D eigenvalue weighted by molar-refractivity contribution is 0.504. The Labute approximate surface area is 116 Å². The van der Waals surface area contributed by atoms with Crippen LogP contribution >= 0.6 is 0 Å². The van der Waals surface area contributed by atoms with Crippen LogP contribution in [0.5, 0.6) is 0 Å². The van der Waals surface area contributed by atoms with Crippen molar-refractivity contribution in [1.29, 1.82) is 10.8 Å². The van der Waals surface area contributed by atoms with Gasteiger partial charge in [0.15, 0.2) is 0 Å². The van der Waals surface area contributed by atoms with Gasteiger partial charge in [-0.2, -0.15) is 0 Å². The van der Waals surface area contributed by atoms with Crippen molar-refractivity contribution in [3.63, 3.8) is 0 Å². The summed E-state index contributed by atoms with van der Waals surface area (Å²) in [6.07, 6.45) is 10.5. The summed E-state index contributed by atoms with van der Waals surface area (Å²) in [4.78, 5) is 16.7. The van der Waals surface area contributed by atoms with Gasteiger partial charge in [-0.15, -0.1) is 0 Å². The molecule has 0 saturated heterocycles. The molecule has 0 aromatic carbocycles. The molecule has 1 rings (SSSR count). The number of carbonyl (C=O) groups excluding carboxylic acids is 2. The highest BCUT2D eigenvalue weighted by Gasteiger charge is 1.95. The van der Waals surface area contributed by atoms with Crippen LogP contribution in [0, 0.1) is 10.8 Å². The average Bonchev–Trinajstić information content (AvgIpc) is 2.10. The standard InChI is InChI=1S/C6H12.2CHNO.6CH4/c1-2-4-6-5-3-1;2*2-1-3;;;;;;/h1-6H2;2*2H;6*1H4. The van der Waals surface area contributed by atoms with E-state index in [1.165, 1.54) is 38.5 Å². The lowest BCUT2D eigenvalue weighted by atomic mass is 10.0. The zero-order chi connectivity index (χ0) is 9.66. The van der Waals surface area contributed by atoms with Crippen molar-refractivity contribution >= 4 is 12.2 Å². The first-order chi connectivity index (χ1) is 5.83. The van der Waals surface area contributed by atoms with Gasteiger partial charge in [0.2, 0.25) is 12.2 Å². The first kappa shape index (κ1) is 54.2. The van der Waals surface area contributed by atoms with Crippen LogP contribution in [0.15, 0.2) is 0 Å². The van der Waals surface area contributed by atoms with Crippen LogP contribution in [0.4, 0.5) is 0 Å². The molecule has 0 unspecified atom stereocenters. The molecule has 1 aliphatic rings. The van der Waals surface area contributed by atoms with Crippen LogP contribution in [0.25, 0.3) is 0 Å². The van der Waals surface area contributed by atoms with Crippen LogP contribution in [0.1, 0.15) is 83.1 Å². The molecule has 0 aromatic rings. The Balaban J connectivity index is -0.0000000128. The SMILES string of the molecule is C.C.C.C.C.C.C1CCCCC1.N=C=O.N=C=O. The van der Waals surface area contributed by atoms with E-state index in [9.17, 15) is 0 Å². The highest BCUT2D eigenvalue weighted by molar-refractivity contribution is 5.26. The highest BCUT2D eigenvalue weighted by Crippen LogP contribution is 2.15. The zero-order valence-electron chi connectivity index (χ0n) is 7.06. The van der Waals surface area contributed by atoms with Crippen molar-refractivity contribution in [2.24, 2.45) is 0 Å². The van der Waals surface area contributed by atoms with Crippen LogP contribution in [-0.4, -0.2) is 12.2 Å². The second-order valence-electron chi connectivity index (χ2n) is 2.33. The van der Waals surface area contributed by atoms with E-state index < -0.39 is 0 Å². The van der Waals surface area contributed by atoms with Crippen LogP contribution in [0.3, 0.4) is 0 Å². The first-order valence-electron chi connectivity index (χ1n) is 3.91. The third-order valence-corrected chi connectivity index (χ3v) is 1.50. The first-order valence-corrected chi connectivity index (χ1v) is 3.91. The lowest BCUT2D eigenvalue weighted by Crippen LogP contribution is -1.85.